The van der Waals surface area contributed by atoms with Crippen LogP contribution in [0.4, 0.5) is 5.13 Å². The van der Waals surface area contributed by atoms with E-state index in [4.69, 9.17) is 0 Å². The minimum Gasteiger partial charge on any atom is -0.274 e. The van der Waals surface area contributed by atoms with Crippen LogP contribution in [0.3, 0.4) is 0 Å². The van der Waals surface area contributed by atoms with Crippen molar-refractivity contribution in [2.24, 2.45) is 23.7 Å². The summed E-state index contributed by atoms with van der Waals surface area (Å²) >= 11 is 8.68. The van der Waals surface area contributed by atoms with Crippen molar-refractivity contribution in [3.8, 4) is 0 Å². The number of alkyl halides is 2. The van der Waals surface area contributed by atoms with E-state index in [0.29, 0.717) is 5.13 Å². The van der Waals surface area contributed by atoms with Gasteiger partial charge in [0.25, 0.3) is 0 Å². The van der Waals surface area contributed by atoms with Crippen LogP contribution in [0.1, 0.15) is 6.42 Å². The molecule has 0 radical (unpaired) electrons. The van der Waals surface area contributed by atoms with Gasteiger partial charge in [-0.3, -0.25) is 9.59 Å². The van der Waals surface area contributed by atoms with Gasteiger partial charge in [-0.25, -0.2) is 9.88 Å². The Balaban J connectivity index is 1.76. The number of fused-ring (bicyclic) bond motifs is 5. The number of thiazole rings is 1. The fraction of sp³-hybridized carbons (Fsp3) is 0.583. The third kappa shape index (κ3) is 1.46. The van der Waals surface area contributed by atoms with Crippen LogP contribution in [0.2, 0.25) is 0 Å². The summed E-state index contributed by atoms with van der Waals surface area (Å²) < 4.78 is 0. The highest BCUT2D eigenvalue weighted by atomic mass is 79.9. The van der Waals surface area contributed by atoms with Gasteiger partial charge in [0.1, 0.15) is 0 Å². The molecule has 19 heavy (non-hydrogen) atoms. The highest BCUT2D eigenvalue weighted by molar-refractivity contribution is 9.12. The average molecular weight is 406 g/mol. The number of hydrogen-bond acceptors (Lipinski definition) is 4. The van der Waals surface area contributed by atoms with Crippen molar-refractivity contribution in [1.29, 1.82) is 0 Å². The van der Waals surface area contributed by atoms with Crippen LogP contribution in [0.25, 0.3) is 0 Å². The number of hydrogen-bond donors (Lipinski definition) is 0. The van der Waals surface area contributed by atoms with E-state index in [1.165, 1.54) is 16.2 Å². The summed E-state index contributed by atoms with van der Waals surface area (Å²) in [6.45, 7) is 0. The molecule has 0 spiro atoms. The number of aromatic nitrogens is 1. The normalized spacial score (nSPS) is 44.2. The Morgan fingerprint density at radius 1 is 1.16 bits per heavy atom. The molecule has 2 bridgehead atoms. The number of carbonyl (C=O) groups excluding carboxylic acids is 2. The number of anilines is 1. The molecule has 1 aromatic heterocycles. The molecule has 2 heterocycles. The minimum atomic E-state index is -0.153. The largest absolute Gasteiger partial charge is 0.274 e. The Bertz CT molecular complexity index is 532. The van der Waals surface area contributed by atoms with Crippen molar-refractivity contribution in [2.45, 2.75) is 16.1 Å². The fourth-order valence-electron chi connectivity index (χ4n) is 3.86. The van der Waals surface area contributed by atoms with Crippen molar-refractivity contribution in [2.75, 3.05) is 4.90 Å². The van der Waals surface area contributed by atoms with Gasteiger partial charge in [0, 0.05) is 21.2 Å². The van der Waals surface area contributed by atoms with Gasteiger partial charge in [-0.15, -0.1) is 11.3 Å². The van der Waals surface area contributed by atoms with E-state index in [-0.39, 0.29) is 45.1 Å². The van der Waals surface area contributed by atoms with Gasteiger partial charge in [0.15, 0.2) is 5.13 Å². The zero-order valence-corrected chi connectivity index (χ0v) is 13.7. The predicted molar refractivity (Wildman–Crippen MR) is 78.6 cm³/mol. The standard InChI is InChI=1S/C12H10Br2N2O2S/c13-8-4-3-5(9(8)14)7-6(4)10(17)16(11(7)18)12-15-1-2-19-12/h1-2,4-9H,3H2/t4-,5-,6-,7-,8-,9+/m1/s1. The monoisotopic (exact) mass is 404 g/mol. The summed E-state index contributed by atoms with van der Waals surface area (Å²) in [7, 11) is 0. The molecule has 2 aliphatic carbocycles. The van der Waals surface area contributed by atoms with Crippen LogP contribution in [0, 0.1) is 23.7 Å². The van der Waals surface area contributed by atoms with E-state index >= 15 is 0 Å². The van der Waals surface area contributed by atoms with E-state index in [9.17, 15) is 9.59 Å². The molecule has 2 saturated carbocycles. The van der Waals surface area contributed by atoms with E-state index in [1.807, 2.05) is 0 Å². The smallest absolute Gasteiger partial charge is 0.239 e. The molecule has 3 fully saturated rings. The molecule has 4 nitrogen and oxygen atoms in total. The second-order valence-electron chi connectivity index (χ2n) is 5.33. The van der Waals surface area contributed by atoms with Crippen LogP contribution in [0.15, 0.2) is 11.6 Å². The van der Waals surface area contributed by atoms with Gasteiger partial charge in [0.2, 0.25) is 11.8 Å². The lowest BCUT2D eigenvalue weighted by Crippen LogP contribution is -2.37. The number of nitrogens with zero attached hydrogens (tertiary/aromatic N) is 2. The van der Waals surface area contributed by atoms with Gasteiger partial charge in [-0.2, -0.15) is 0 Å². The molecule has 0 unspecified atom stereocenters. The second kappa shape index (κ2) is 4.11. The van der Waals surface area contributed by atoms with Crippen molar-refractivity contribution < 1.29 is 9.59 Å². The highest BCUT2D eigenvalue weighted by Crippen LogP contribution is 2.60. The molecule has 1 aromatic rings. The molecule has 1 aliphatic heterocycles. The first-order valence-electron chi connectivity index (χ1n) is 6.16. The lowest BCUT2D eigenvalue weighted by Gasteiger charge is -2.28. The third-order valence-electron chi connectivity index (χ3n) is 4.60. The summed E-state index contributed by atoms with van der Waals surface area (Å²) in [4.78, 5) is 31.1. The van der Waals surface area contributed by atoms with Crippen molar-refractivity contribution in [3.63, 3.8) is 0 Å². The molecule has 6 atom stereocenters. The highest BCUT2D eigenvalue weighted by Gasteiger charge is 2.66. The Hall–Kier alpha value is -0.270. The van der Waals surface area contributed by atoms with Crippen LogP contribution in [-0.2, 0) is 9.59 Å². The Kier molecular flexibility index (Phi) is 2.70. The van der Waals surface area contributed by atoms with Gasteiger partial charge in [0.05, 0.1) is 11.8 Å². The van der Waals surface area contributed by atoms with E-state index in [1.54, 1.807) is 11.6 Å². The number of amides is 2. The average Bonchev–Trinajstić information content (AvgIpc) is 3.10. The molecule has 3 aliphatic rings. The number of halogens is 2. The van der Waals surface area contributed by atoms with Gasteiger partial charge in [-0.1, -0.05) is 31.9 Å². The van der Waals surface area contributed by atoms with E-state index in [2.05, 4.69) is 36.8 Å². The predicted octanol–water partition coefficient (Wildman–Crippen LogP) is 2.43. The van der Waals surface area contributed by atoms with E-state index in [0.717, 1.165) is 6.42 Å². The Morgan fingerprint density at radius 2 is 1.74 bits per heavy atom. The first kappa shape index (κ1) is 12.5. The maximum atomic E-state index is 12.6. The molecular formula is C12H10Br2N2O2S. The molecule has 0 aromatic carbocycles. The summed E-state index contributed by atoms with van der Waals surface area (Å²) in [6.07, 6.45) is 2.59. The van der Waals surface area contributed by atoms with Gasteiger partial charge in [-0.05, 0) is 18.3 Å². The molecule has 0 N–H and O–H groups in total. The molecule has 1 saturated heterocycles. The van der Waals surface area contributed by atoms with Crippen molar-refractivity contribution >= 4 is 60.1 Å². The quantitative estimate of drug-likeness (QED) is 0.532. The van der Waals surface area contributed by atoms with E-state index < -0.39 is 0 Å². The molecule has 4 rings (SSSR count). The number of rotatable bonds is 1. The Morgan fingerprint density at radius 3 is 2.21 bits per heavy atom. The lowest BCUT2D eigenvalue weighted by molar-refractivity contribution is -0.123. The lowest BCUT2D eigenvalue weighted by atomic mass is 9.81. The zero-order chi connectivity index (χ0) is 13.3. The summed E-state index contributed by atoms with van der Waals surface area (Å²) in [5.41, 5.74) is 0. The minimum absolute atomic E-state index is 0.0544. The third-order valence-corrected chi connectivity index (χ3v) is 8.56. The summed E-state index contributed by atoms with van der Waals surface area (Å²) in [5, 5.41) is 2.31. The zero-order valence-electron chi connectivity index (χ0n) is 9.70. The first-order chi connectivity index (χ1) is 9.11. The van der Waals surface area contributed by atoms with Crippen LogP contribution < -0.4 is 4.90 Å². The van der Waals surface area contributed by atoms with Crippen molar-refractivity contribution in [3.05, 3.63) is 11.6 Å². The fourth-order valence-corrected chi connectivity index (χ4v) is 6.39. The van der Waals surface area contributed by atoms with Crippen LogP contribution in [0.5, 0.6) is 0 Å². The summed E-state index contributed by atoms with van der Waals surface area (Å²) in [5.74, 6) is 0.114. The number of carbonyl (C=O) groups is 2. The number of imide groups is 1. The van der Waals surface area contributed by atoms with Gasteiger partial charge >= 0.3 is 0 Å². The van der Waals surface area contributed by atoms with Crippen LogP contribution in [-0.4, -0.2) is 26.5 Å². The second-order valence-corrected chi connectivity index (χ2v) is 8.32. The molecule has 100 valence electrons. The molecular weight excluding hydrogens is 396 g/mol. The molecule has 7 heteroatoms. The van der Waals surface area contributed by atoms with Crippen molar-refractivity contribution in [1.82, 2.24) is 4.98 Å². The topological polar surface area (TPSA) is 50.3 Å². The van der Waals surface area contributed by atoms with Gasteiger partial charge < -0.3 is 0 Å². The maximum absolute atomic E-state index is 12.6. The Labute approximate surface area is 130 Å². The summed E-state index contributed by atoms with van der Waals surface area (Å²) in [6, 6.07) is 0. The maximum Gasteiger partial charge on any atom is 0.239 e. The SMILES string of the molecule is O=C1[C@@H]2[C@H]3C[C@@H]([C@@H](Br)[C@H]3Br)[C@H]2C(=O)N1c1nccs1. The molecule has 2 amide bonds. The first-order valence-corrected chi connectivity index (χ1v) is 8.88. The van der Waals surface area contributed by atoms with Crippen LogP contribution >= 0.6 is 43.2 Å².